The number of hydrogen-bond donors (Lipinski definition) is 0. The van der Waals surface area contributed by atoms with Crippen LogP contribution < -0.4 is 0 Å². The molecule has 0 heterocycles. The summed E-state index contributed by atoms with van der Waals surface area (Å²) in [7, 11) is 0. The molecule has 0 amide bonds. The van der Waals surface area contributed by atoms with Crippen LogP contribution in [0, 0.1) is 0 Å². The van der Waals surface area contributed by atoms with Crippen LogP contribution >= 0.6 is 0 Å². The lowest BCUT2D eigenvalue weighted by molar-refractivity contribution is -0.183. The third-order valence-electron chi connectivity index (χ3n) is 2.02. The second-order valence-corrected chi connectivity index (χ2v) is 3.94. The van der Waals surface area contributed by atoms with Crippen molar-refractivity contribution in [2.75, 3.05) is 13.2 Å². The quantitative estimate of drug-likeness (QED) is 0.476. The Bertz CT molecular complexity index is 349. The van der Waals surface area contributed by atoms with Gasteiger partial charge in [-0.25, -0.2) is 17.6 Å². The Morgan fingerprint density at radius 1 is 0.727 bits per heavy atom. The summed E-state index contributed by atoms with van der Waals surface area (Å²) in [6.45, 7) is -3.86. The second-order valence-electron chi connectivity index (χ2n) is 3.94. The van der Waals surface area contributed by atoms with Crippen LogP contribution in [0.5, 0.6) is 0 Å². The molecule has 22 heavy (non-hydrogen) atoms. The Morgan fingerprint density at radius 3 is 1.23 bits per heavy atom. The molecular formula is C10H10F8O4. The normalized spacial score (nSPS) is 12.6. The highest BCUT2D eigenvalue weighted by molar-refractivity contribution is 5.77. The number of alkyl halides is 8. The fourth-order valence-electron chi connectivity index (χ4n) is 0.828. The van der Waals surface area contributed by atoms with Gasteiger partial charge in [-0.1, -0.05) is 0 Å². The summed E-state index contributed by atoms with van der Waals surface area (Å²) in [6, 6.07) is 0. The maximum atomic E-state index is 12.4. The fraction of sp³-hybridized carbons (Fsp3) is 0.800. The standard InChI is InChI=1S/C10H10F8O4/c11-7(12)9(15,16)3-21-5(19)1-2-6(20)22-4-10(17,18)8(13)14/h7-8H,1-4H2. The Labute approximate surface area is 118 Å². The van der Waals surface area contributed by atoms with Crippen LogP contribution in [-0.2, 0) is 19.1 Å². The van der Waals surface area contributed by atoms with E-state index in [1.807, 2.05) is 0 Å². The summed E-state index contributed by atoms with van der Waals surface area (Å²) in [6.07, 6.45) is -10.00. The van der Waals surface area contributed by atoms with Gasteiger partial charge in [-0.2, -0.15) is 17.6 Å². The van der Waals surface area contributed by atoms with E-state index in [0.29, 0.717) is 0 Å². The van der Waals surface area contributed by atoms with Crippen LogP contribution in [0.25, 0.3) is 0 Å². The SMILES string of the molecule is O=C(CCC(=O)OCC(F)(F)C(F)F)OCC(F)(F)C(F)F. The molecule has 0 spiro atoms. The molecule has 0 aliphatic rings. The monoisotopic (exact) mass is 346 g/mol. The molecular weight excluding hydrogens is 336 g/mol. The number of hydrogen-bond acceptors (Lipinski definition) is 4. The van der Waals surface area contributed by atoms with Gasteiger partial charge in [0, 0.05) is 0 Å². The van der Waals surface area contributed by atoms with Crippen molar-refractivity contribution in [1.29, 1.82) is 0 Å². The van der Waals surface area contributed by atoms with E-state index in [4.69, 9.17) is 0 Å². The number of carbonyl (C=O) groups is 2. The van der Waals surface area contributed by atoms with Crippen LogP contribution in [0.4, 0.5) is 35.1 Å². The van der Waals surface area contributed by atoms with E-state index in [0.717, 1.165) is 0 Å². The van der Waals surface area contributed by atoms with Gasteiger partial charge < -0.3 is 9.47 Å². The molecule has 0 aromatic heterocycles. The summed E-state index contributed by atoms with van der Waals surface area (Å²) in [5, 5.41) is 0. The van der Waals surface area contributed by atoms with Crippen molar-refractivity contribution in [3.05, 3.63) is 0 Å². The molecule has 0 aliphatic heterocycles. The fourth-order valence-corrected chi connectivity index (χ4v) is 0.828. The van der Waals surface area contributed by atoms with Crippen molar-refractivity contribution >= 4 is 11.9 Å². The highest BCUT2D eigenvalue weighted by Gasteiger charge is 2.43. The van der Waals surface area contributed by atoms with E-state index in [-0.39, 0.29) is 0 Å². The van der Waals surface area contributed by atoms with Crippen LogP contribution in [0.1, 0.15) is 12.8 Å². The van der Waals surface area contributed by atoms with E-state index >= 15 is 0 Å². The first-order valence-electron chi connectivity index (χ1n) is 5.51. The van der Waals surface area contributed by atoms with E-state index in [2.05, 4.69) is 9.47 Å². The van der Waals surface area contributed by atoms with Gasteiger partial charge in [0.05, 0.1) is 12.8 Å². The Morgan fingerprint density at radius 2 is 1.00 bits per heavy atom. The van der Waals surface area contributed by atoms with Crippen molar-refractivity contribution < 1.29 is 54.2 Å². The molecule has 0 bridgehead atoms. The minimum absolute atomic E-state index is 0.932. The van der Waals surface area contributed by atoms with Crippen LogP contribution in [-0.4, -0.2) is 49.8 Å². The summed E-state index contributed by atoms with van der Waals surface area (Å²) >= 11 is 0. The highest BCUT2D eigenvalue weighted by Crippen LogP contribution is 2.24. The number of rotatable bonds is 9. The number of halogens is 8. The molecule has 0 unspecified atom stereocenters. The van der Waals surface area contributed by atoms with E-state index in [1.165, 1.54) is 0 Å². The predicted molar refractivity (Wildman–Crippen MR) is 53.1 cm³/mol. The van der Waals surface area contributed by atoms with Crippen molar-refractivity contribution in [3.8, 4) is 0 Å². The average molecular weight is 346 g/mol. The molecule has 12 heteroatoms. The molecule has 0 saturated carbocycles. The van der Waals surface area contributed by atoms with E-state index < -0.39 is 62.7 Å². The summed E-state index contributed by atoms with van der Waals surface area (Å²) in [5.41, 5.74) is 0. The van der Waals surface area contributed by atoms with Crippen LogP contribution in [0.15, 0.2) is 0 Å². The highest BCUT2D eigenvalue weighted by atomic mass is 19.3. The van der Waals surface area contributed by atoms with Crippen molar-refractivity contribution in [2.24, 2.45) is 0 Å². The molecule has 130 valence electrons. The molecule has 0 N–H and O–H groups in total. The van der Waals surface area contributed by atoms with E-state index in [1.54, 1.807) is 0 Å². The third kappa shape index (κ3) is 7.41. The number of carbonyl (C=O) groups excluding carboxylic acids is 2. The van der Waals surface area contributed by atoms with Gasteiger partial charge in [0.25, 0.3) is 0 Å². The number of ether oxygens (including phenoxy) is 2. The first-order chi connectivity index (χ1) is 9.88. The molecule has 0 aromatic rings. The summed E-state index contributed by atoms with van der Waals surface area (Å²) in [5.74, 6) is -12.1. The van der Waals surface area contributed by atoms with Gasteiger partial charge in [-0.3, -0.25) is 9.59 Å². The molecule has 0 aromatic carbocycles. The lowest BCUT2D eigenvalue weighted by Crippen LogP contribution is -2.34. The van der Waals surface area contributed by atoms with Gasteiger partial charge in [-0.15, -0.1) is 0 Å². The largest absolute Gasteiger partial charge is 0.459 e. The lowest BCUT2D eigenvalue weighted by Gasteiger charge is -2.15. The van der Waals surface area contributed by atoms with Crippen molar-refractivity contribution in [2.45, 2.75) is 37.5 Å². The Balaban J connectivity index is 4.04. The van der Waals surface area contributed by atoms with Crippen molar-refractivity contribution in [1.82, 2.24) is 0 Å². The van der Waals surface area contributed by atoms with Crippen LogP contribution in [0.2, 0.25) is 0 Å². The van der Waals surface area contributed by atoms with Gasteiger partial charge >= 0.3 is 36.6 Å². The molecule has 0 atom stereocenters. The van der Waals surface area contributed by atoms with Gasteiger partial charge in [0.1, 0.15) is 0 Å². The van der Waals surface area contributed by atoms with Gasteiger partial charge in [0.15, 0.2) is 13.2 Å². The Kier molecular flexibility index (Phi) is 7.53. The molecule has 0 saturated heterocycles. The minimum atomic E-state index is -4.57. The molecule has 0 aliphatic carbocycles. The topological polar surface area (TPSA) is 52.6 Å². The predicted octanol–water partition coefficient (Wildman–Crippen LogP) is 2.65. The van der Waals surface area contributed by atoms with E-state index in [9.17, 15) is 44.7 Å². The zero-order valence-corrected chi connectivity index (χ0v) is 10.6. The van der Waals surface area contributed by atoms with Gasteiger partial charge in [0.2, 0.25) is 0 Å². The maximum absolute atomic E-state index is 12.4. The average Bonchev–Trinajstić information content (AvgIpc) is 2.40. The molecule has 4 nitrogen and oxygen atoms in total. The maximum Gasteiger partial charge on any atom is 0.340 e. The third-order valence-corrected chi connectivity index (χ3v) is 2.02. The minimum Gasteiger partial charge on any atom is -0.459 e. The smallest absolute Gasteiger partial charge is 0.340 e. The summed E-state index contributed by atoms with van der Waals surface area (Å²) < 4.78 is 104. The second kappa shape index (κ2) is 8.13. The van der Waals surface area contributed by atoms with Crippen LogP contribution in [0.3, 0.4) is 0 Å². The zero-order chi connectivity index (χ0) is 17.6. The van der Waals surface area contributed by atoms with Gasteiger partial charge in [-0.05, 0) is 0 Å². The first-order valence-corrected chi connectivity index (χ1v) is 5.51. The Hall–Kier alpha value is -1.62. The molecule has 0 rings (SSSR count). The number of esters is 2. The zero-order valence-electron chi connectivity index (χ0n) is 10.6. The first kappa shape index (κ1) is 20.4. The lowest BCUT2D eigenvalue weighted by atomic mass is 10.3. The van der Waals surface area contributed by atoms with Crippen molar-refractivity contribution in [3.63, 3.8) is 0 Å². The molecule has 0 radical (unpaired) electrons. The molecule has 0 fully saturated rings. The summed E-state index contributed by atoms with van der Waals surface area (Å²) in [4.78, 5) is 21.7.